The first-order valence-corrected chi connectivity index (χ1v) is 7.89. The highest BCUT2D eigenvalue weighted by Gasteiger charge is 2.37. The van der Waals surface area contributed by atoms with Gasteiger partial charge in [-0.3, -0.25) is 9.59 Å². The summed E-state index contributed by atoms with van der Waals surface area (Å²) in [4.78, 5) is 28.4. The van der Waals surface area contributed by atoms with Crippen molar-refractivity contribution in [1.29, 1.82) is 0 Å². The molecule has 1 heterocycles. The molecule has 1 aromatic carbocycles. The van der Waals surface area contributed by atoms with Gasteiger partial charge in [0.1, 0.15) is 23.2 Å². The molecule has 0 saturated carbocycles. The lowest BCUT2D eigenvalue weighted by molar-refractivity contribution is -0.138. The number of carbonyl (C=O) groups excluding carboxylic acids is 2. The molecule has 126 valence electrons. The lowest BCUT2D eigenvalue weighted by atomic mass is 10.0. The summed E-state index contributed by atoms with van der Waals surface area (Å²) in [7, 11) is 3.13. The fourth-order valence-corrected chi connectivity index (χ4v) is 2.86. The van der Waals surface area contributed by atoms with Gasteiger partial charge in [0.15, 0.2) is 0 Å². The lowest BCUT2D eigenvalue weighted by Crippen LogP contribution is -2.57. The summed E-state index contributed by atoms with van der Waals surface area (Å²) in [5.41, 5.74) is -0.103. The van der Waals surface area contributed by atoms with E-state index in [1.807, 2.05) is 6.92 Å². The van der Waals surface area contributed by atoms with E-state index in [0.717, 1.165) is 12.8 Å². The van der Waals surface area contributed by atoms with Crippen molar-refractivity contribution in [3.8, 4) is 5.75 Å². The van der Waals surface area contributed by atoms with Crippen molar-refractivity contribution in [3.05, 3.63) is 29.6 Å². The standard InChI is InChI=1S/C17H23FN2O3/c1-4-5-8-13-16(21)19(2)10-11-20(13)17(22)15-12(18)7-6-9-14(15)23-3/h6-7,9,13H,4-5,8,10-11H2,1-3H3. The van der Waals surface area contributed by atoms with Crippen LogP contribution in [0.2, 0.25) is 0 Å². The van der Waals surface area contributed by atoms with Gasteiger partial charge in [0.2, 0.25) is 5.91 Å². The molecule has 1 aliphatic rings. The minimum Gasteiger partial charge on any atom is -0.496 e. The fourth-order valence-electron chi connectivity index (χ4n) is 2.86. The zero-order valence-electron chi connectivity index (χ0n) is 13.8. The van der Waals surface area contributed by atoms with E-state index < -0.39 is 17.8 Å². The summed E-state index contributed by atoms with van der Waals surface area (Å²) in [6, 6.07) is 3.74. The van der Waals surface area contributed by atoms with Crippen molar-refractivity contribution in [2.24, 2.45) is 0 Å². The van der Waals surface area contributed by atoms with Crippen LogP contribution in [-0.4, -0.2) is 54.9 Å². The quantitative estimate of drug-likeness (QED) is 0.836. The molecule has 1 unspecified atom stereocenters. The third-order valence-corrected chi connectivity index (χ3v) is 4.21. The molecule has 0 bridgehead atoms. The van der Waals surface area contributed by atoms with Gasteiger partial charge in [0, 0.05) is 20.1 Å². The molecule has 0 radical (unpaired) electrons. The normalized spacial score (nSPS) is 18.3. The van der Waals surface area contributed by atoms with E-state index in [4.69, 9.17) is 4.74 Å². The predicted molar refractivity (Wildman–Crippen MR) is 84.9 cm³/mol. The van der Waals surface area contributed by atoms with E-state index >= 15 is 0 Å². The summed E-state index contributed by atoms with van der Waals surface area (Å²) in [6.07, 6.45) is 2.35. The van der Waals surface area contributed by atoms with E-state index in [1.165, 1.54) is 24.1 Å². The van der Waals surface area contributed by atoms with Crippen LogP contribution in [0.5, 0.6) is 5.75 Å². The number of ether oxygens (including phenoxy) is 1. The molecule has 1 atom stereocenters. The average molecular weight is 322 g/mol. The Kier molecular flexibility index (Phi) is 5.58. The minimum atomic E-state index is -0.630. The van der Waals surface area contributed by atoms with Crippen LogP contribution in [0, 0.1) is 5.82 Å². The largest absolute Gasteiger partial charge is 0.496 e. The van der Waals surface area contributed by atoms with Gasteiger partial charge in [-0.05, 0) is 18.6 Å². The molecule has 1 saturated heterocycles. The number of likely N-dealkylation sites (N-methyl/N-ethyl adjacent to an activating group) is 1. The Morgan fingerprint density at radius 1 is 1.39 bits per heavy atom. The van der Waals surface area contributed by atoms with Gasteiger partial charge in [-0.15, -0.1) is 0 Å². The number of carbonyl (C=O) groups is 2. The predicted octanol–water partition coefficient (Wildman–Crippen LogP) is 2.31. The van der Waals surface area contributed by atoms with Crippen LogP contribution >= 0.6 is 0 Å². The summed E-state index contributed by atoms with van der Waals surface area (Å²) in [5.74, 6) is -1.01. The molecule has 6 heteroatoms. The van der Waals surface area contributed by atoms with Crippen LogP contribution in [0.1, 0.15) is 36.5 Å². The van der Waals surface area contributed by atoms with Crippen LogP contribution in [0.25, 0.3) is 0 Å². The van der Waals surface area contributed by atoms with Gasteiger partial charge in [-0.25, -0.2) is 4.39 Å². The van der Waals surface area contributed by atoms with Crippen molar-refractivity contribution >= 4 is 11.8 Å². The number of hydrogen-bond donors (Lipinski definition) is 0. The smallest absolute Gasteiger partial charge is 0.261 e. The first-order valence-electron chi connectivity index (χ1n) is 7.89. The van der Waals surface area contributed by atoms with Gasteiger partial charge in [-0.2, -0.15) is 0 Å². The Morgan fingerprint density at radius 3 is 2.78 bits per heavy atom. The lowest BCUT2D eigenvalue weighted by Gasteiger charge is -2.39. The van der Waals surface area contributed by atoms with Gasteiger partial charge in [0.05, 0.1) is 7.11 Å². The fraction of sp³-hybridized carbons (Fsp3) is 0.529. The highest BCUT2D eigenvalue weighted by Crippen LogP contribution is 2.26. The molecule has 23 heavy (non-hydrogen) atoms. The maximum atomic E-state index is 14.2. The zero-order chi connectivity index (χ0) is 17.0. The number of piperazine rings is 1. The van der Waals surface area contributed by atoms with Crippen LogP contribution < -0.4 is 4.74 Å². The third-order valence-electron chi connectivity index (χ3n) is 4.21. The average Bonchev–Trinajstić information content (AvgIpc) is 2.55. The highest BCUT2D eigenvalue weighted by molar-refractivity contribution is 6.00. The van der Waals surface area contributed by atoms with Crippen molar-refractivity contribution in [1.82, 2.24) is 9.80 Å². The Morgan fingerprint density at radius 2 is 2.13 bits per heavy atom. The number of benzene rings is 1. The minimum absolute atomic E-state index is 0.0895. The Bertz CT molecular complexity index is 591. The maximum Gasteiger partial charge on any atom is 0.261 e. The Labute approximate surface area is 136 Å². The molecule has 2 amide bonds. The second kappa shape index (κ2) is 7.44. The highest BCUT2D eigenvalue weighted by atomic mass is 19.1. The molecular formula is C17H23FN2O3. The van der Waals surface area contributed by atoms with Gasteiger partial charge >= 0.3 is 0 Å². The summed E-state index contributed by atoms with van der Waals surface area (Å²) < 4.78 is 19.3. The van der Waals surface area contributed by atoms with E-state index in [0.29, 0.717) is 19.5 Å². The number of hydrogen-bond acceptors (Lipinski definition) is 3. The van der Waals surface area contributed by atoms with Crippen molar-refractivity contribution in [3.63, 3.8) is 0 Å². The molecular weight excluding hydrogens is 299 g/mol. The number of methoxy groups -OCH3 is 1. The van der Waals surface area contributed by atoms with Gasteiger partial charge in [-0.1, -0.05) is 25.8 Å². The first kappa shape index (κ1) is 17.2. The van der Waals surface area contributed by atoms with E-state index in [9.17, 15) is 14.0 Å². The van der Waals surface area contributed by atoms with E-state index in [-0.39, 0.29) is 17.2 Å². The van der Waals surface area contributed by atoms with Gasteiger partial charge < -0.3 is 14.5 Å². The van der Waals surface area contributed by atoms with Crippen LogP contribution in [0.3, 0.4) is 0 Å². The summed E-state index contributed by atoms with van der Waals surface area (Å²) >= 11 is 0. The topological polar surface area (TPSA) is 49.9 Å². The number of unbranched alkanes of at least 4 members (excludes halogenated alkanes) is 1. The molecule has 0 spiro atoms. The van der Waals surface area contributed by atoms with Gasteiger partial charge in [0.25, 0.3) is 5.91 Å². The summed E-state index contributed by atoms with van der Waals surface area (Å²) in [6.45, 7) is 2.87. The molecule has 1 aromatic rings. The van der Waals surface area contributed by atoms with Crippen LogP contribution in [-0.2, 0) is 4.79 Å². The van der Waals surface area contributed by atoms with Crippen molar-refractivity contribution in [2.75, 3.05) is 27.2 Å². The van der Waals surface area contributed by atoms with Crippen LogP contribution in [0.15, 0.2) is 18.2 Å². The van der Waals surface area contributed by atoms with Crippen molar-refractivity contribution < 1.29 is 18.7 Å². The number of amides is 2. The molecule has 1 fully saturated rings. The Balaban J connectivity index is 2.34. The molecule has 1 aliphatic heterocycles. The zero-order valence-corrected chi connectivity index (χ0v) is 13.8. The number of rotatable bonds is 5. The molecule has 0 aliphatic carbocycles. The van der Waals surface area contributed by atoms with E-state index in [1.54, 1.807) is 18.0 Å². The second-order valence-corrected chi connectivity index (χ2v) is 5.73. The molecule has 5 nitrogen and oxygen atoms in total. The first-order chi connectivity index (χ1) is 11.0. The number of halogens is 1. The molecule has 0 N–H and O–H groups in total. The maximum absolute atomic E-state index is 14.2. The third kappa shape index (κ3) is 3.46. The number of nitrogens with zero attached hydrogens (tertiary/aromatic N) is 2. The van der Waals surface area contributed by atoms with Crippen molar-refractivity contribution in [2.45, 2.75) is 32.2 Å². The SMILES string of the molecule is CCCCC1C(=O)N(C)CCN1C(=O)c1c(F)cccc1OC. The monoisotopic (exact) mass is 322 g/mol. The Hall–Kier alpha value is -2.11. The molecule has 0 aromatic heterocycles. The second-order valence-electron chi connectivity index (χ2n) is 5.73. The van der Waals surface area contributed by atoms with E-state index in [2.05, 4.69) is 0 Å². The summed E-state index contributed by atoms with van der Waals surface area (Å²) in [5, 5.41) is 0. The van der Waals surface area contributed by atoms with Crippen LogP contribution in [0.4, 0.5) is 4.39 Å². The molecule has 2 rings (SSSR count).